The molecule has 0 aliphatic carbocycles. The molecule has 1 amide bonds. The number of anilines is 1. The number of piperazine rings is 1. The second-order valence-electron chi connectivity index (χ2n) is 10.2. The fraction of sp³-hybridized carbons (Fsp3) is 0.393. The van der Waals surface area contributed by atoms with E-state index in [9.17, 15) is 4.79 Å². The number of halogens is 1. The van der Waals surface area contributed by atoms with Crippen LogP contribution in [0.3, 0.4) is 0 Å². The third-order valence-corrected chi connectivity index (χ3v) is 6.38. The number of amides is 1. The topological polar surface area (TPSA) is 49.3 Å². The Hall–Kier alpha value is -2.92. The van der Waals surface area contributed by atoms with E-state index in [0.717, 1.165) is 42.1 Å². The molecule has 4 rings (SSSR count). The predicted octanol–water partition coefficient (Wildman–Crippen LogP) is 5.78. The number of carbonyl (C=O) groups is 1. The van der Waals surface area contributed by atoms with Crippen molar-refractivity contribution in [1.82, 2.24) is 14.9 Å². The van der Waals surface area contributed by atoms with Crippen molar-refractivity contribution in [3.8, 4) is 11.4 Å². The van der Waals surface area contributed by atoms with Crippen LogP contribution in [0.1, 0.15) is 44.0 Å². The summed E-state index contributed by atoms with van der Waals surface area (Å²) < 4.78 is 0. The lowest BCUT2D eigenvalue weighted by Crippen LogP contribution is -2.50. The van der Waals surface area contributed by atoms with Crippen LogP contribution >= 0.6 is 11.6 Å². The summed E-state index contributed by atoms with van der Waals surface area (Å²) in [6, 6.07) is 18.1. The molecule has 0 N–H and O–H groups in total. The van der Waals surface area contributed by atoms with Crippen LogP contribution in [0.25, 0.3) is 11.4 Å². The molecule has 0 atom stereocenters. The summed E-state index contributed by atoms with van der Waals surface area (Å²) in [5.74, 6) is 1.90. The lowest BCUT2D eigenvalue weighted by atomic mass is 9.91. The number of aromatic nitrogens is 2. The van der Waals surface area contributed by atoms with Crippen LogP contribution in [0.4, 0.5) is 5.82 Å². The van der Waals surface area contributed by atoms with Crippen LogP contribution in [0.15, 0.2) is 54.6 Å². The van der Waals surface area contributed by atoms with Gasteiger partial charge in [-0.15, -0.1) is 0 Å². The zero-order valence-electron chi connectivity index (χ0n) is 20.5. The molecule has 0 bridgehead atoms. The van der Waals surface area contributed by atoms with Crippen LogP contribution in [0, 0.1) is 12.3 Å². The highest BCUT2D eigenvalue weighted by Gasteiger charge is 2.27. The summed E-state index contributed by atoms with van der Waals surface area (Å²) in [5.41, 5.74) is 4.28. The molecular formula is C28H33ClN4O. The Labute approximate surface area is 207 Å². The van der Waals surface area contributed by atoms with Gasteiger partial charge in [0.2, 0.25) is 5.91 Å². The van der Waals surface area contributed by atoms with Gasteiger partial charge < -0.3 is 9.80 Å². The number of aryl methyl sites for hydroxylation is 1. The molecule has 0 spiro atoms. The minimum absolute atomic E-state index is 0.00564. The monoisotopic (exact) mass is 476 g/mol. The number of carbonyl (C=O) groups excluding carboxylic acids is 1. The van der Waals surface area contributed by atoms with Crippen molar-refractivity contribution in [3.05, 3.63) is 76.4 Å². The van der Waals surface area contributed by atoms with Crippen LogP contribution in [-0.4, -0.2) is 47.0 Å². The largest absolute Gasteiger partial charge is 0.353 e. The smallest absolute Gasteiger partial charge is 0.223 e. The van der Waals surface area contributed by atoms with E-state index in [1.165, 1.54) is 5.56 Å². The maximum absolute atomic E-state index is 12.8. The van der Waals surface area contributed by atoms with E-state index in [2.05, 4.69) is 56.9 Å². The first-order chi connectivity index (χ1) is 16.2. The first-order valence-corrected chi connectivity index (χ1v) is 12.3. The lowest BCUT2D eigenvalue weighted by Gasteiger charge is -2.37. The van der Waals surface area contributed by atoms with Gasteiger partial charge in [0, 0.05) is 60.9 Å². The maximum atomic E-state index is 12.8. The molecule has 178 valence electrons. The van der Waals surface area contributed by atoms with Gasteiger partial charge in [-0.2, -0.15) is 0 Å². The molecule has 2 aromatic carbocycles. The van der Waals surface area contributed by atoms with Crippen LogP contribution in [-0.2, 0) is 11.2 Å². The second kappa shape index (κ2) is 10.1. The fourth-order valence-electron chi connectivity index (χ4n) is 4.31. The van der Waals surface area contributed by atoms with Gasteiger partial charge in [-0.3, -0.25) is 4.79 Å². The number of benzene rings is 2. The molecule has 1 fully saturated rings. The normalized spacial score (nSPS) is 14.4. The quantitative estimate of drug-likeness (QED) is 0.468. The third-order valence-electron chi connectivity index (χ3n) is 6.13. The minimum Gasteiger partial charge on any atom is -0.353 e. The van der Waals surface area contributed by atoms with Gasteiger partial charge in [0.25, 0.3) is 0 Å². The zero-order chi connectivity index (χ0) is 24.3. The molecule has 5 nitrogen and oxygen atoms in total. The van der Waals surface area contributed by atoms with E-state index < -0.39 is 0 Å². The van der Waals surface area contributed by atoms with E-state index >= 15 is 0 Å². The Morgan fingerprint density at radius 2 is 1.59 bits per heavy atom. The molecule has 1 aliphatic rings. The third kappa shape index (κ3) is 5.95. The van der Waals surface area contributed by atoms with E-state index in [-0.39, 0.29) is 11.3 Å². The van der Waals surface area contributed by atoms with Crippen LogP contribution < -0.4 is 4.90 Å². The Morgan fingerprint density at radius 1 is 0.941 bits per heavy atom. The van der Waals surface area contributed by atoms with Crippen molar-refractivity contribution in [3.63, 3.8) is 0 Å². The highest BCUT2D eigenvalue weighted by molar-refractivity contribution is 6.30. The molecule has 34 heavy (non-hydrogen) atoms. The van der Waals surface area contributed by atoms with Gasteiger partial charge in [-0.25, -0.2) is 9.97 Å². The molecule has 1 saturated heterocycles. The van der Waals surface area contributed by atoms with Crippen molar-refractivity contribution in [2.75, 3.05) is 31.1 Å². The molecular weight excluding hydrogens is 444 g/mol. The average molecular weight is 477 g/mol. The van der Waals surface area contributed by atoms with E-state index in [0.29, 0.717) is 30.4 Å². The number of hydrogen-bond donors (Lipinski definition) is 0. The summed E-state index contributed by atoms with van der Waals surface area (Å²) in [4.78, 5) is 27.0. The van der Waals surface area contributed by atoms with E-state index in [1.54, 1.807) is 0 Å². The summed E-state index contributed by atoms with van der Waals surface area (Å²) in [6.07, 6.45) is 1.34. The second-order valence-corrected chi connectivity index (χ2v) is 10.6. The van der Waals surface area contributed by atoms with Crippen molar-refractivity contribution in [2.45, 2.75) is 40.5 Å². The molecule has 0 radical (unpaired) electrons. The summed E-state index contributed by atoms with van der Waals surface area (Å²) in [5, 5.41) is 0.692. The van der Waals surface area contributed by atoms with Crippen molar-refractivity contribution < 1.29 is 4.79 Å². The predicted molar refractivity (Wildman–Crippen MR) is 139 cm³/mol. The Kier molecular flexibility index (Phi) is 7.22. The maximum Gasteiger partial charge on any atom is 0.223 e. The van der Waals surface area contributed by atoms with E-state index in [4.69, 9.17) is 21.6 Å². The lowest BCUT2D eigenvalue weighted by molar-refractivity contribution is -0.133. The average Bonchev–Trinajstić information content (AvgIpc) is 2.80. The molecule has 6 heteroatoms. The van der Waals surface area contributed by atoms with Gasteiger partial charge in [0.15, 0.2) is 5.82 Å². The molecule has 0 unspecified atom stereocenters. The highest BCUT2D eigenvalue weighted by atomic mass is 35.5. The molecule has 1 aliphatic heterocycles. The first kappa shape index (κ1) is 24.2. The molecule has 1 aromatic heterocycles. The van der Waals surface area contributed by atoms with Gasteiger partial charge >= 0.3 is 0 Å². The summed E-state index contributed by atoms with van der Waals surface area (Å²) >= 11 is 6.10. The standard InChI is InChI=1S/C28H33ClN4O/c1-20-24(18-21-8-6-5-7-9-21)27(31-26(30-20)22-10-12-23(29)13-11-22)33-16-14-32(15-17-33)25(34)19-28(2,3)4/h5-13H,14-19H2,1-4H3. The summed E-state index contributed by atoms with van der Waals surface area (Å²) in [7, 11) is 0. The minimum atomic E-state index is -0.00564. The SMILES string of the molecule is Cc1nc(-c2ccc(Cl)cc2)nc(N2CCN(C(=O)CC(C)(C)C)CC2)c1Cc1ccccc1. The summed E-state index contributed by atoms with van der Waals surface area (Å²) in [6.45, 7) is 11.3. The van der Waals surface area contributed by atoms with Crippen molar-refractivity contribution >= 4 is 23.3 Å². The van der Waals surface area contributed by atoms with Gasteiger partial charge in [0.1, 0.15) is 5.82 Å². The molecule has 3 aromatic rings. The molecule has 2 heterocycles. The Balaban J connectivity index is 1.63. The van der Waals surface area contributed by atoms with Crippen molar-refractivity contribution in [1.29, 1.82) is 0 Å². The Bertz CT molecular complexity index is 1130. The fourth-order valence-corrected chi connectivity index (χ4v) is 4.44. The van der Waals surface area contributed by atoms with Crippen LogP contribution in [0.2, 0.25) is 5.02 Å². The first-order valence-electron chi connectivity index (χ1n) is 11.9. The molecule has 0 saturated carbocycles. The highest BCUT2D eigenvalue weighted by Crippen LogP contribution is 2.29. The van der Waals surface area contributed by atoms with Gasteiger partial charge in [-0.05, 0) is 42.2 Å². The zero-order valence-corrected chi connectivity index (χ0v) is 21.3. The van der Waals surface area contributed by atoms with Gasteiger partial charge in [-0.1, -0.05) is 62.7 Å². The Morgan fingerprint density at radius 3 is 2.21 bits per heavy atom. The number of nitrogens with zero attached hydrogens (tertiary/aromatic N) is 4. The number of hydrogen-bond acceptors (Lipinski definition) is 4. The van der Waals surface area contributed by atoms with E-state index in [1.807, 2.05) is 35.2 Å². The van der Waals surface area contributed by atoms with Gasteiger partial charge in [0.05, 0.1) is 0 Å². The van der Waals surface area contributed by atoms with Crippen molar-refractivity contribution in [2.24, 2.45) is 5.41 Å². The number of rotatable bonds is 5. The van der Waals surface area contributed by atoms with Crippen LogP contribution in [0.5, 0.6) is 0 Å².